The predicted molar refractivity (Wildman–Crippen MR) is 126 cm³/mol. The second kappa shape index (κ2) is 8.66. The molecule has 3 aliphatic heterocycles. The van der Waals surface area contributed by atoms with E-state index in [0.717, 1.165) is 5.82 Å². The van der Waals surface area contributed by atoms with Crippen LogP contribution in [0.3, 0.4) is 0 Å². The number of aromatic nitrogens is 2. The Bertz CT molecular complexity index is 1400. The number of nitrogens with zero attached hydrogens (tertiary/aromatic N) is 4. The van der Waals surface area contributed by atoms with Gasteiger partial charge in [0, 0.05) is 56.0 Å². The third kappa shape index (κ3) is 3.98. The van der Waals surface area contributed by atoms with Gasteiger partial charge in [0.2, 0.25) is 11.8 Å². The van der Waals surface area contributed by atoms with Gasteiger partial charge in [0.05, 0.1) is 17.6 Å². The number of hydrogen-bond acceptors (Lipinski definition) is 6. The normalized spacial score (nSPS) is 20.8. The van der Waals surface area contributed by atoms with E-state index in [4.69, 9.17) is 0 Å². The number of H-pyrrole nitrogens is 1. The van der Waals surface area contributed by atoms with Crippen LogP contribution in [0.25, 0.3) is 11.0 Å². The SMILES string of the molecule is O=C1CCC(N2Cc3c(cc(F)cc3N3CCN(Cc4nc5ccc(F)cc5[nH]4)CC3)C2=O)C(=O)N1. The van der Waals surface area contributed by atoms with Crippen LogP contribution >= 0.6 is 0 Å². The van der Waals surface area contributed by atoms with E-state index in [-0.39, 0.29) is 42.6 Å². The first-order chi connectivity index (χ1) is 17.4. The molecular weight excluding hydrogens is 470 g/mol. The number of fused-ring (bicyclic) bond motifs is 2. The highest BCUT2D eigenvalue weighted by atomic mass is 19.1. The van der Waals surface area contributed by atoms with Gasteiger partial charge in [-0.3, -0.25) is 24.6 Å². The molecule has 2 aromatic carbocycles. The van der Waals surface area contributed by atoms with Gasteiger partial charge in [-0.15, -0.1) is 0 Å². The van der Waals surface area contributed by atoms with Crippen molar-refractivity contribution in [2.24, 2.45) is 0 Å². The van der Waals surface area contributed by atoms with Crippen LogP contribution in [0.5, 0.6) is 0 Å². The fourth-order valence-electron chi connectivity index (χ4n) is 5.36. The molecule has 2 N–H and O–H groups in total. The lowest BCUT2D eigenvalue weighted by Gasteiger charge is -2.36. The molecule has 0 aliphatic carbocycles. The van der Waals surface area contributed by atoms with Gasteiger partial charge in [-0.25, -0.2) is 13.8 Å². The minimum Gasteiger partial charge on any atom is -0.369 e. The smallest absolute Gasteiger partial charge is 0.255 e. The highest BCUT2D eigenvalue weighted by molar-refractivity contribution is 6.06. The summed E-state index contributed by atoms with van der Waals surface area (Å²) in [5, 5.41) is 2.29. The number of benzene rings is 2. The van der Waals surface area contributed by atoms with E-state index in [0.29, 0.717) is 55.0 Å². The number of carbonyl (C=O) groups is 3. The van der Waals surface area contributed by atoms with Crippen LogP contribution in [0.15, 0.2) is 30.3 Å². The predicted octanol–water partition coefficient (Wildman–Crippen LogP) is 1.92. The average Bonchev–Trinajstić information content (AvgIpc) is 3.39. The second-order valence-corrected chi connectivity index (χ2v) is 9.46. The van der Waals surface area contributed by atoms with Crippen molar-refractivity contribution in [1.82, 2.24) is 25.1 Å². The first-order valence-corrected chi connectivity index (χ1v) is 11.9. The van der Waals surface area contributed by atoms with Crippen molar-refractivity contribution < 1.29 is 23.2 Å². The maximum Gasteiger partial charge on any atom is 0.255 e. The van der Waals surface area contributed by atoms with Crippen LogP contribution in [-0.2, 0) is 22.7 Å². The fraction of sp³-hybridized carbons (Fsp3) is 0.360. The van der Waals surface area contributed by atoms with Gasteiger partial charge < -0.3 is 14.8 Å². The molecule has 3 aliphatic rings. The second-order valence-electron chi connectivity index (χ2n) is 9.46. The Morgan fingerprint density at radius 1 is 1.00 bits per heavy atom. The molecule has 186 valence electrons. The summed E-state index contributed by atoms with van der Waals surface area (Å²) < 4.78 is 28.0. The first kappa shape index (κ1) is 22.6. The lowest BCUT2D eigenvalue weighted by Crippen LogP contribution is -2.52. The molecule has 3 amide bonds. The van der Waals surface area contributed by atoms with Crippen molar-refractivity contribution in [2.75, 3.05) is 31.1 Å². The summed E-state index contributed by atoms with van der Waals surface area (Å²) in [5.74, 6) is -1.29. The maximum absolute atomic E-state index is 14.6. The third-order valence-electron chi connectivity index (χ3n) is 7.18. The number of hydrogen-bond donors (Lipinski definition) is 2. The number of carbonyl (C=O) groups excluding carboxylic acids is 3. The molecule has 1 atom stereocenters. The van der Waals surface area contributed by atoms with Gasteiger partial charge in [0.15, 0.2) is 0 Å². The highest BCUT2D eigenvalue weighted by Gasteiger charge is 2.41. The quantitative estimate of drug-likeness (QED) is 0.538. The molecular formula is C25H24F2N6O3. The standard InChI is InChI=1S/C25H24F2N6O3/c26-14-1-2-18-19(10-14)29-22(28-18)13-31-5-7-32(8-6-31)21-11-15(27)9-16-17(21)12-33(25(16)36)20-3-4-23(34)30-24(20)35/h1-2,9-11,20H,3-8,12-13H2,(H,28,29)(H,30,34,35). The van der Waals surface area contributed by atoms with Gasteiger partial charge in [-0.05, 0) is 36.8 Å². The number of piperazine rings is 1. The van der Waals surface area contributed by atoms with Crippen LogP contribution in [0.1, 0.15) is 34.6 Å². The van der Waals surface area contributed by atoms with Crippen LogP contribution in [0.2, 0.25) is 0 Å². The average molecular weight is 495 g/mol. The van der Waals surface area contributed by atoms with Gasteiger partial charge >= 0.3 is 0 Å². The largest absolute Gasteiger partial charge is 0.369 e. The van der Waals surface area contributed by atoms with Gasteiger partial charge in [0.25, 0.3) is 5.91 Å². The summed E-state index contributed by atoms with van der Waals surface area (Å²) >= 11 is 0. The molecule has 2 saturated heterocycles. The summed E-state index contributed by atoms with van der Waals surface area (Å²) in [6.07, 6.45) is 0.426. The lowest BCUT2D eigenvalue weighted by molar-refractivity contribution is -0.136. The number of piperidine rings is 1. The number of aromatic amines is 1. The highest BCUT2D eigenvalue weighted by Crippen LogP contribution is 2.35. The summed E-state index contributed by atoms with van der Waals surface area (Å²) in [7, 11) is 0. The van der Waals surface area contributed by atoms with E-state index in [1.165, 1.54) is 29.2 Å². The molecule has 2 fully saturated rings. The third-order valence-corrected chi connectivity index (χ3v) is 7.18. The number of rotatable bonds is 4. The monoisotopic (exact) mass is 494 g/mol. The van der Waals surface area contributed by atoms with Crippen molar-refractivity contribution in [3.8, 4) is 0 Å². The van der Waals surface area contributed by atoms with Crippen molar-refractivity contribution in [3.05, 3.63) is 58.9 Å². The summed E-state index contributed by atoms with van der Waals surface area (Å²) in [5.41, 5.74) is 3.01. The van der Waals surface area contributed by atoms with Gasteiger partial charge in [-0.2, -0.15) is 0 Å². The van der Waals surface area contributed by atoms with E-state index in [1.807, 2.05) is 0 Å². The summed E-state index contributed by atoms with van der Waals surface area (Å²) in [4.78, 5) is 50.4. The molecule has 3 aromatic rings. The van der Waals surface area contributed by atoms with Crippen LogP contribution in [-0.4, -0.2) is 69.7 Å². The maximum atomic E-state index is 14.6. The topological polar surface area (TPSA) is 102 Å². The van der Waals surface area contributed by atoms with Gasteiger partial charge in [-0.1, -0.05) is 0 Å². The van der Waals surface area contributed by atoms with E-state index in [9.17, 15) is 23.2 Å². The lowest BCUT2D eigenvalue weighted by atomic mass is 10.0. The Hall–Kier alpha value is -3.86. The van der Waals surface area contributed by atoms with Crippen molar-refractivity contribution >= 4 is 34.4 Å². The summed E-state index contributed by atoms with van der Waals surface area (Å²) in [6.45, 7) is 3.41. The van der Waals surface area contributed by atoms with Gasteiger partial charge in [0.1, 0.15) is 23.5 Å². The number of imide groups is 1. The van der Waals surface area contributed by atoms with E-state index in [1.54, 1.807) is 6.07 Å². The Kier molecular flexibility index (Phi) is 5.44. The zero-order valence-electron chi connectivity index (χ0n) is 19.4. The first-order valence-electron chi connectivity index (χ1n) is 11.9. The number of halogens is 2. The Morgan fingerprint density at radius 3 is 2.58 bits per heavy atom. The molecule has 1 unspecified atom stereocenters. The Labute approximate surface area is 205 Å². The van der Waals surface area contributed by atoms with E-state index < -0.39 is 17.8 Å². The van der Waals surface area contributed by atoms with Crippen LogP contribution in [0.4, 0.5) is 14.5 Å². The van der Waals surface area contributed by atoms with E-state index in [2.05, 4.69) is 25.1 Å². The van der Waals surface area contributed by atoms with E-state index >= 15 is 0 Å². The number of imidazole rings is 1. The molecule has 0 bridgehead atoms. The molecule has 9 nitrogen and oxygen atoms in total. The molecule has 0 radical (unpaired) electrons. The van der Waals surface area contributed by atoms with Crippen molar-refractivity contribution in [1.29, 1.82) is 0 Å². The van der Waals surface area contributed by atoms with Crippen molar-refractivity contribution in [2.45, 2.75) is 32.0 Å². The Balaban J connectivity index is 1.16. The summed E-state index contributed by atoms with van der Waals surface area (Å²) in [6, 6.07) is 6.39. The molecule has 0 spiro atoms. The van der Waals surface area contributed by atoms with Crippen LogP contribution < -0.4 is 10.2 Å². The van der Waals surface area contributed by atoms with Crippen LogP contribution in [0, 0.1) is 11.6 Å². The number of amides is 3. The zero-order chi connectivity index (χ0) is 25.0. The fourth-order valence-corrected chi connectivity index (χ4v) is 5.36. The molecule has 0 saturated carbocycles. The molecule has 11 heteroatoms. The minimum atomic E-state index is -0.743. The number of anilines is 1. The Morgan fingerprint density at radius 2 is 1.81 bits per heavy atom. The zero-order valence-corrected chi connectivity index (χ0v) is 19.4. The van der Waals surface area contributed by atoms with Crippen molar-refractivity contribution in [3.63, 3.8) is 0 Å². The molecule has 4 heterocycles. The number of nitrogens with one attached hydrogen (secondary N) is 2. The molecule has 1 aromatic heterocycles. The minimum absolute atomic E-state index is 0.167. The molecule has 6 rings (SSSR count). The molecule has 36 heavy (non-hydrogen) atoms.